The number of ether oxygens (including phenoxy) is 3. The van der Waals surface area contributed by atoms with Crippen molar-refractivity contribution in [2.75, 3.05) is 13.2 Å². The molecule has 0 fully saturated rings. The lowest BCUT2D eigenvalue weighted by atomic mass is 10.0. The molecule has 0 unspecified atom stereocenters. The van der Waals surface area contributed by atoms with Crippen LogP contribution in [0.25, 0.3) is 0 Å². The first kappa shape index (κ1) is 71.6. The summed E-state index contributed by atoms with van der Waals surface area (Å²) < 4.78 is 16.9. The Balaban J connectivity index is 4.46. The van der Waals surface area contributed by atoms with Gasteiger partial charge in [0.1, 0.15) is 13.2 Å². The maximum atomic E-state index is 12.9. The van der Waals surface area contributed by atoms with E-state index in [1.165, 1.54) is 205 Å². The second-order valence-electron chi connectivity index (χ2n) is 21.3. The summed E-state index contributed by atoms with van der Waals surface area (Å²) in [5, 5.41) is 0. The van der Waals surface area contributed by atoms with E-state index < -0.39 is 6.10 Å². The molecule has 0 radical (unpaired) electrons. The second-order valence-corrected chi connectivity index (χ2v) is 21.3. The molecular formula is C69H120O6. The van der Waals surface area contributed by atoms with E-state index in [1.54, 1.807) is 0 Å². The molecule has 0 amide bonds. The van der Waals surface area contributed by atoms with Crippen LogP contribution >= 0.6 is 0 Å². The lowest BCUT2D eigenvalue weighted by Gasteiger charge is -2.18. The molecule has 432 valence electrons. The van der Waals surface area contributed by atoms with Crippen LogP contribution in [0.2, 0.25) is 0 Å². The highest BCUT2D eigenvalue weighted by atomic mass is 16.6. The van der Waals surface area contributed by atoms with E-state index in [9.17, 15) is 14.4 Å². The molecule has 0 aliphatic heterocycles. The van der Waals surface area contributed by atoms with Crippen LogP contribution in [0.15, 0.2) is 85.1 Å². The van der Waals surface area contributed by atoms with E-state index in [2.05, 4.69) is 99.8 Å². The summed E-state index contributed by atoms with van der Waals surface area (Å²) in [6.07, 6.45) is 83.1. The first-order chi connectivity index (χ1) is 37.0. The van der Waals surface area contributed by atoms with E-state index in [4.69, 9.17) is 14.2 Å². The number of esters is 3. The van der Waals surface area contributed by atoms with Gasteiger partial charge in [-0.2, -0.15) is 0 Å². The highest BCUT2D eigenvalue weighted by Gasteiger charge is 2.19. The monoisotopic (exact) mass is 1040 g/mol. The van der Waals surface area contributed by atoms with Gasteiger partial charge in [-0.05, 0) is 109 Å². The standard InChI is InChI=1S/C69H120O6/c1-4-7-10-13-16-19-22-25-28-31-33-34-36-38-41-44-47-50-53-56-59-62-68(71)74-65-66(64-73-67(70)61-58-55-52-49-46-43-40-37-30-27-24-21-18-15-12-9-6-3)75-69(72)63-60-57-54-51-48-45-42-39-35-32-29-26-23-20-17-14-11-8-5-2/h17,20,25-30,35,39,45,48,54,57,66H,4-16,18-19,21-24,31-34,36-38,40-44,46-47,49-53,55-56,58-65H2,1-3H3/b20-17-,28-25-,29-26-,30-27-,39-35-,48-45-,57-54-/t66-/m0/s1. The largest absolute Gasteiger partial charge is 0.462 e. The Bertz CT molecular complexity index is 1430. The molecule has 0 saturated heterocycles. The number of hydrogen-bond donors (Lipinski definition) is 0. The number of hydrogen-bond acceptors (Lipinski definition) is 6. The minimum absolute atomic E-state index is 0.107. The third-order valence-electron chi connectivity index (χ3n) is 13.9. The molecule has 0 aromatic rings. The molecule has 0 heterocycles. The van der Waals surface area contributed by atoms with Crippen LogP contribution in [-0.2, 0) is 28.6 Å². The number of rotatable bonds is 58. The van der Waals surface area contributed by atoms with Crippen LogP contribution in [0.1, 0.15) is 316 Å². The topological polar surface area (TPSA) is 78.9 Å². The average molecular weight is 1050 g/mol. The zero-order valence-corrected chi connectivity index (χ0v) is 49.6. The van der Waals surface area contributed by atoms with Crippen molar-refractivity contribution in [3.63, 3.8) is 0 Å². The van der Waals surface area contributed by atoms with Crippen LogP contribution in [0.3, 0.4) is 0 Å². The fraction of sp³-hybridized carbons (Fsp3) is 0.754. The predicted molar refractivity (Wildman–Crippen MR) is 325 cm³/mol. The SMILES string of the molecule is CCCCC/C=C\C/C=C\C/C=C\C/C=C\C/C=C\CCC(=O)O[C@@H](COC(=O)CCCCCCCCC/C=C\CCCCCCCC)COC(=O)CCCCCCCCCCCCC/C=C\CCCCCCCC. The Labute approximate surface area is 465 Å². The molecule has 0 aliphatic carbocycles. The molecule has 0 aromatic heterocycles. The van der Waals surface area contributed by atoms with E-state index in [1.807, 2.05) is 6.08 Å². The Morgan fingerprint density at radius 1 is 0.267 bits per heavy atom. The molecule has 0 spiro atoms. The lowest BCUT2D eigenvalue weighted by molar-refractivity contribution is -0.166. The van der Waals surface area contributed by atoms with Gasteiger partial charge in [-0.15, -0.1) is 0 Å². The van der Waals surface area contributed by atoms with Gasteiger partial charge in [0, 0.05) is 19.3 Å². The van der Waals surface area contributed by atoms with E-state index in [-0.39, 0.29) is 37.5 Å². The first-order valence-electron chi connectivity index (χ1n) is 32.1. The Hall–Kier alpha value is -3.41. The molecule has 0 aromatic carbocycles. The number of carbonyl (C=O) groups is 3. The normalized spacial score (nSPS) is 12.6. The minimum Gasteiger partial charge on any atom is -0.462 e. The molecule has 0 saturated carbocycles. The summed E-state index contributed by atoms with van der Waals surface area (Å²) in [7, 11) is 0. The molecule has 0 aliphatic rings. The van der Waals surface area contributed by atoms with Crippen LogP contribution in [0.4, 0.5) is 0 Å². The fourth-order valence-electron chi connectivity index (χ4n) is 9.00. The number of allylic oxidation sites excluding steroid dienone is 14. The summed E-state index contributed by atoms with van der Waals surface area (Å²) in [5.74, 6) is -0.983. The highest BCUT2D eigenvalue weighted by Crippen LogP contribution is 2.16. The molecule has 75 heavy (non-hydrogen) atoms. The second kappa shape index (κ2) is 63.1. The predicted octanol–water partition coefficient (Wildman–Crippen LogP) is 21.9. The van der Waals surface area contributed by atoms with Gasteiger partial charge in [0.05, 0.1) is 0 Å². The van der Waals surface area contributed by atoms with Crippen LogP contribution in [-0.4, -0.2) is 37.2 Å². The van der Waals surface area contributed by atoms with Gasteiger partial charge in [-0.3, -0.25) is 14.4 Å². The van der Waals surface area contributed by atoms with Gasteiger partial charge in [0.15, 0.2) is 6.10 Å². The summed E-state index contributed by atoms with van der Waals surface area (Å²) in [6.45, 7) is 6.57. The fourth-order valence-corrected chi connectivity index (χ4v) is 9.00. The molecular weight excluding hydrogens is 925 g/mol. The average Bonchev–Trinajstić information content (AvgIpc) is 3.41. The lowest BCUT2D eigenvalue weighted by Crippen LogP contribution is -2.30. The number of unbranched alkanes of at least 4 members (excludes halogenated alkanes) is 33. The Morgan fingerprint density at radius 2 is 0.507 bits per heavy atom. The van der Waals surface area contributed by atoms with E-state index in [0.29, 0.717) is 19.3 Å². The maximum Gasteiger partial charge on any atom is 0.306 e. The first-order valence-corrected chi connectivity index (χ1v) is 32.1. The molecule has 0 rings (SSSR count). The molecule has 6 heteroatoms. The van der Waals surface area contributed by atoms with Crippen molar-refractivity contribution >= 4 is 17.9 Å². The smallest absolute Gasteiger partial charge is 0.306 e. The molecule has 0 N–H and O–H groups in total. The van der Waals surface area contributed by atoms with Crippen molar-refractivity contribution in [2.45, 2.75) is 322 Å². The van der Waals surface area contributed by atoms with Crippen LogP contribution in [0.5, 0.6) is 0 Å². The van der Waals surface area contributed by atoms with E-state index in [0.717, 1.165) is 64.2 Å². The minimum atomic E-state index is -0.819. The maximum absolute atomic E-state index is 12.9. The Morgan fingerprint density at radius 3 is 0.840 bits per heavy atom. The van der Waals surface area contributed by atoms with Crippen molar-refractivity contribution in [3.05, 3.63) is 85.1 Å². The quantitative estimate of drug-likeness (QED) is 0.0261. The summed E-state index contributed by atoms with van der Waals surface area (Å²) in [6, 6.07) is 0. The number of carbonyl (C=O) groups excluding carboxylic acids is 3. The van der Waals surface area contributed by atoms with Crippen molar-refractivity contribution in [1.29, 1.82) is 0 Å². The van der Waals surface area contributed by atoms with Crippen molar-refractivity contribution in [3.8, 4) is 0 Å². The zero-order chi connectivity index (χ0) is 54.3. The summed E-state index contributed by atoms with van der Waals surface area (Å²) in [5.41, 5.74) is 0. The van der Waals surface area contributed by atoms with E-state index >= 15 is 0 Å². The molecule has 6 nitrogen and oxygen atoms in total. The van der Waals surface area contributed by atoms with Gasteiger partial charge in [0.25, 0.3) is 0 Å². The van der Waals surface area contributed by atoms with Gasteiger partial charge >= 0.3 is 17.9 Å². The van der Waals surface area contributed by atoms with Gasteiger partial charge in [0.2, 0.25) is 0 Å². The van der Waals surface area contributed by atoms with Crippen LogP contribution in [0, 0.1) is 0 Å². The summed E-state index contributed by atoms with van der Waals surface area (Å²) >= 11 is 0. The molecule has 1 atom stereocenters. The summed E-state index contributed by atoms with van der Waals surface area (Å²) in [4.78, 5) is 38.3. The third kappa shape index (κ3) is 61.3. The van der Waals surface area contributed by atoms with Gasteiger partial charge in [-0.25, -0.2) is 0 Å². The highest BCUT2D eigenvalue weighted by molar-refractivity contribution is 5.71. The third-order valence-corrected chi connectivity index (χ3v) is 13.9. The van der Waals surface area contributed by atoms with Crippen molar-refractivity contribution in [2.24, 2.45) is 0 Å². The van der Waals surface area contributed by atoms with Crippen molar-refractivity contribution in [1.82, 2.24) is 0 Å². The molecule has 0 bridgehead atoms. The Kier molecular flexibility index (Phi) is 60.3. The van der Waals surface area contributed by atoms with Gasteiger partial charge < -0.3 is 14.2 Å². The van der Waals surface area contributed by atoms with Crippen molar-refractivity contribution < 1.29 is 28.6 Å². The van der Waals surface area contributed by atoms with Gasteiger partial charge in [-0.1, -0.05) is 273 Å². The zero-order valence-electron chi connectivity index (χ0n) is 49.6. The van der Waals surface area contributed by atoms with Crippen LogP contribution < -0.4 is 0 Å².